The highest BCUT2D eigenvalue weighted by Crippen LogP contribution is 2.27. The van der Waals surface area contributed by atoms with Crippen molar-refractivity contribution >= 4 is 0 Å². The summed E-state index contributed by atoms with van der Waals surface area (Å²) in [6, 6.07) is 0. The molecule has 0 aromatic rings. The van der Waals surface area contributed by atoms with Gasteiger partial charge in [-0.3, -0.25) is 0 Å². The molecule has 0 aliphatic carbocycles. The molecule has 5 nitrogen and oxygen atoms in total. The largest absolute Gasteiger partial charge is 0.502 e. The van der Waals surface area contributed by atoms with Gasteiger partial charge in [0.2, 0.25) is 0 Å². The summed E-state index contributed by atoms with van der Waals surface area (Å²) < 4.78 is 27.1. The van der Waals surface area contributed by atoms with E-state index in [9.17, 15) is 0 Å². The highest BCUT2D eigenvalue weighted by atomic mass is 16.6. The summed E-state index contributed by atoms with van der Waals surface area (Å²) in [5, 5.41) is 0. The summed E-state index contributed by atoms with van der Waals surface area (Å²) in [4.78, 5) is 0. The monoisotopic (exact) mass is 270 g/mol. The third-order valence-corrected chi connectivity index (χ3v) is 3.17. The van der Waals surface area contributed by atoms with Gasteiger partial charge in [-0.25, -0.2) is 0 Å². The Morgan fingerprint density at radius 3 is 1.68 bits per heavy atom. The van der Waals surface area contributed by atoms with E-state index in [1.54, 1.807) is 0 Å². The smallest absolute Gasteiger partial charge is 0.107 e. The van der Waals surface area contributed by atoms with E-state index in [2.05, 4.69) is 13.2 Å². The zero-order valence-electron chi connectivity index (χ0n) is 11.2. The Balaban J connectivity index is 1.75. The molecule has 0 saturated carbocycles. The highest BCUT2D eigenvalue weighted by molar-refractivity contribution is 4.86. The van der Waals surface area contributed by atoms with Gasteiger partial charge >= 0.3 is 0 Å². The molecule has 2 aliphatic heterocycles. The van der Waals surface area contributed by atoms with Gasteiger partial charge in [0.1, 0.15) is 12.2 Å². The number of epoxide rings is 2. The van der Waals surface area contributed by atoms with Gasteiger partial charge in [-0.2, -0.15) is 0 Å². The van der Waals surface area contributed by atoms with Crippen molar-refractivity contribution in [3.63, 3.8) is 0 Å². The molecule has 19 heavy (non-hydrogen) atoms. The first-order valence-corrected chi connectivity index (χ1v) is 6.69. The molecule has 0 N–H and O–H groups in total. The lowest BCUT2D eigenvalue weighted by Gasteiger charge is -2.22. The molecule has 0 aromatic carbocycles. The van der Waals surface area contributed by atoms with Crippen molar-refractivity contribution in [1.82, 2.24) is 0 Å². The Hall–Kier alpha value is -1.04. The molecule has 5 heteroatoms. The minimum atomic E-state index is 0.0536. The highest BCUT2D eigenvalue weighted by Gasteiger charge is 2.40. The van der Waals surface area contributed by atoms with E-state index in [1.807, 2.05) is 0 Å². The molecule has 4 atom stereocenters. The van der Waals surface area contributed by atoms with Crippen molar-refractivity contribution in [1.29, 1.82) is 0 Å². The number of hydrogen-bond donors (Lipinski definition) is 0. The van der Waals surface area contributed by atoms with Crippen LogP contribution in [0.2, 0.25) is 0 Å². The third kappa shape index (κ3) is 5.22. The maximum atomic E-state index is 6.11. The first kappa shape index (κ1) is 14.4. The van der Waals surface area contributed by atoms with Crippen molar-refractivity contribution in [2.45, 2.75) is 37.3 Å². The second kappa shape index (κ2) is 7.53. The van der Waals surface area contributed by atoms with E-state index < -0.39 is 0 Å². The van der Waals surface area contributed by atoms with E-state index in [4.69, 9.17) is 23.7 Å². The molecule has 4 unspecified atom stereocenters. The van der Waals surface area contributed by atoms with E-state index >= 15 is 0 Å². The molecule has 2 heterocycles. The summed E-state index contributed by atoms with van der Waals surface area (Å²) in [6.07, 6.45) is 4.97. The summed E-state index contributed by atoms with van der Waals surface area (Å²) >= 11 is 0. The average molecular weight is 270 g/mol. The Bertz CT molecular complexity index is 258. The van der Waals surface area contributed by atoms with Crippen molar-refractivity contribution in [3.05, 3.63) is 25.7 Å². The van der Waals surface area contributed by atoms with Crippen LogP contribution < -0.4 is 0 Å². The SMILES string of the molecule is C=COCCC(OC(CCOC=C)C1CO1)C1CO1. The lowest BCUT2D eigenvalue weighted by molar-refractivity contribution is -0.0565. The van der Waals surface area contributed by atoms with Crippen molar-refractivity contribution in [2.24, 2.45) is 0 Å². The van der Waals surface area contributed by atoms with Crippen LogP contribution in [-0.2, 0) is 23.7 Å². The first-order chi connectivity index (χ1) is 9.35. The molecule has 0 bridgehead atoms. The topological polar surface area (TPSA) is 52.8 Å². The molecule has 0 amide bonds. The fourth-order valence-electron chi connectivity index (χ4n) is 1.98. The fraction of sp³-hybridized carbons (Fsp3) is 0.714. The van der Waals surface area contributed by atoms with Gasteiger partial charge in [-0.05, 0) is 0 Å². The van der Waals surface area contributed by atoms with Crippen LogP contribution in [0.15, 0.2) is 25.7 Å². The maximum absolute atomic E-state index is 6.11. The molecule has 108 valence electrons. The standard InChI is InChI=1S/C14H22O5/c1-3-15-7-5-11(13-9-17-13)19-12(14-10-18-14)6-8-16-4-2/h3-4,11-14H,1-2,5-10H2. The number of hydrogen-bond acceptors (Lipinski definition) is 5. The van der Waals surface area contributed by atoms with E-state index in [1.165, 1.54) is 12.5 Å². The van der Waals surface area contributed by atoms with Crippen molar-refractivity contribution < 1.29 is 23.7 Å². The predicted molar refractivity (Wildman–Crippen MR) is 69.7 cm³/mol. The summed E-state index contributed by atoms with van der Waals surface area (Å²) in [7, 11) is 0. The van der Waals surface area contributed by atoms with Crippen LogP contribution in [0.4, 0.5) is 0 Å². The first-order valence-electron chi connectivity index (χ1n) is 6.69. The average Bonchev–Trinajstić information content (AvgIpc) is 3.29. The maximum Gasteiger partial charge on any atom is 0.107 e. The van der Waals surface area contributed by atoms with E-state index in [0.29, 0.717) is 13.2 Å². The van der Waals surface area contributed by atoms with Crippen LogP contribution in [0.5, 0.6) is 0 Å². The summed E-state index contributed by atoms with van der Waals surface area (Å²) in [5.41, 5.74) is 0. The second-order valence-corrected chi connectivity index (χ2v) is 4.61. The number of ether oxygens (including phenoxy) is 5. The van der Waals surface area contributed by atoms with Gasteiger partial charge in [0.25, 0.3) is 0 Å². The van der Waals surface area contributed by atoms with Crippen LogP contribution in [0.25, 0.3) is 0 Å². The quantitative estimate of drug-likeness (QED) is 0.306. The molecular weight excluding hydrogens is 248 g/mol. The van der Waals surface area contributed by atoms with E-state index in [0.717, 1.165) is 26.1 Å². The second-order valence-electron chi connectivity index (χ2n) is 4.61. The van der Waals surface area contributed by atoms with Crippen LogP contribution in [-0.4, -0.2) is 50.8 Å². The molecule has 2 rings (SSSR count). The van der Waals surface area contributed by atoms with Crippen LogP contribution in [0.1, 0.15) is 12.8 Å². The van der Waals surface area contributed by atoms with Crippen LogP contribution >= 0.6 is 0 Å². The number of rotatable bonds is 12. The molecule has 2 saturated heterocycles. The normalized spacial score (nSPS) is 27.2. The molecule has 0 radical (unpaired) electrons. The molecular formula is C14H22O5. The minimum absolute atomic E-state index is 0.0536. The molecule has 2 fully saturated rings. The van der Waals surface area contributed by atoms with Gasteiger partial charge in [0.15, 0.2) is 0 Å². The Kier molecular flexibility index (Phi) is 5.69. The van der Waals surface area contributed by atoms with Crippen molar-refractivity contribution in [2.75, 3.05) is 26.4 Å². The Labute approximate surface area is 114 Å². The zero-order chi connectivity index (χ0) is 13.5. The summed E-state index contributed by atoms with van der Waals surface area (Å²) in [5.74, 6) is 0. The Morgan fingerprint density at radius 2 is 1.37 bits per heavy atom. The Morgan fingerprint density at radius 1 is 0.947 bits per heavy atom. The van der Waals surface area contributed by atoms with Gasteiger partial charge < -0.3 is 23.7 Å². The summed E-state index contributed by atoms with van der Waals surface area (Å²) in [6.45, 7) is 9.77. The molecule has 0 spiro atoms. The minimum Gasteiger partial charge on any atom is -0.502 e. The van der Waals surface area contributed by atoms with Gasteiger partial charge in [0, 0.05) is 12.8 Å². The lowest BCUT2D eigenvalue weighted by atomic mass is 10.1. The lowest BCUT2D eigenvalue weighted by Crippen LogP contribution is -2.32. The zero-order valence-corrected chi connectivity index (χ0v) is 11.2. The fourth-order valence-corrected chi connectivity index (χ4v) is 1.98. The van der Waals surface area contributed by atoms with Crippen molar-refractivity contribution in [3.8, 4) is 0 Å². The predicted octanol–water partition coefficient (Wildman–Crippen LogP) is 1.64. The van der Waals surface area contributed by atoms with Crippen LogP contribution in [0.3, 0.4) is 0 Å². The third-order valence-electron chi connectivity index (χ3n) is 3.17. The molecule has 2 aliphatic rings. The van der Waals surface area contributed by atoms with Gasteiger partial charge in [0.05, 0.1) is 51.2 Å². The van der Waals surface area contributed by atoms with Gasteiger partial charge in [-0.1, -0.05) is 13.2 Å². The van der Waals surface area contributed by atoms with E-state index in [-0.39, 0.29) is 24.4 Å². The molecule has 0 aromatic heterocycles. The van der Waals surface area contributed by atoms with Gasteiger partial charge in [-0.15, -0.1) is 0 Å². The van der Waals surface area contributed by atoms with Crippen LogP contribution in [0, 0.1) is 0 Å².